The minimum absolute atomic E-state index is 0.675. The zero-order chi connectivity index (χ0) is 15.7. The molecule has 112 valence electrons. The summed E-state index contributed by atoms with van der Waals surface area (Å²) in [5.74, 6) is 0.710. The number of methoxy groups -OCH3 is 1. The van der Waals surface area contributed by atoms with Gasteiger partial charge in [0.05, 0.1) is 7.11 Å². The molecule has 19 heavy (non-hydrogen) atoms. The van der Waals surface area contributed by atoms with Gasteiger partial charge in [0.1, 0.15) is 5.75 Å². The first-order chi connectivity index (χ1) is 9.31. The van der Waals surface area contributed by atoms with E-state index in [2.05, 4.69) is 5.32 Å². The molecule has 0 unspecified atom stereocenters. The Balaban J connectivity index is -0.000000375. The van der Waals surface area contributed by atoms with Crippen molar-refractivity contribution in [2.45, 2.75) is 48.1 Å². The van der Waals surface area contributed by atoms with Crippen LogP contribution in [0.3, 0.4) is 0 Å². The molecule has 1 aromatic rings. The third-order valence-electron chi connectivity index (χ3n) is 1.85. The van der Waals surface area contributed by atoms with E-state index < -0.39 is 0 Å². The lowest BCUT2D eigenvalue weighted by Crippen LogP contribution is -2.07. The number of rotatable bonds is 4. The monoisotopic (exact) mass is 269 g/mol. The number of carbonyl (C=O) groups is 1. The van der Waals surface area contributed by atoms with Crippen molar-refractivity contribution >= 4 is 6.29 Å². The Hall–Kier alpha value is -1.35. The molecular formula is C16H31NO2. The van der Waals surface area contributed by atoms with Crippen LogP contribution in [0.15, 0.2) is 18.2 Å². The van der Waals surface area contributed by atoms with Crippen molar-refractivity contribution in [1.82, 2.24) is 5.32 Å². The molecule has 0 amide bonds. The van der Waals surface area contributed by atoms with E-state index in [4.69, 9.17) is 4.74 Å². The fourth-order valence-corrected chi connectivity index (χ4v) is 1.16. The lowest BCUT2D eigenvalue weighted by atomic mass is 10.1. The fourth-order valence-electron chi connectivity index (χ4n) is 1.16. The van der Waals surface area contributed by atoms with Gasteiger partial charge in [0.25, 0.3) is 0 Å². The van der Waals surface area contributed by atoms with E-state index in [1.165, 1.54) is 0 Å². The molecule has 0 spiro atoms. The van der Waals surface area contributed by atoms with E-state index in [1.54, 1.807) is 13.2 Å². The molecule has 0 aliphatic rings. The predicted molar refractivity (Wildman–Crippen MR) is 85.2 cm³/mol. The summed E-state index contributed by atoms with van der Waals surface area (Å²) < 4.78 is 5.01. The molecular weight excluding hydrogens is 238 g/mol. The van der Waals surface area contributed by atoms with Crippen molar-refractivity contribution in [3.63, 3.8) is 0 Å². The van der Waals surface area contributed by atoms with Crippen LogP contribution in [0.25, 0.3) is 0 Å². The molecule has 3 heteroatoms. The standard InChI is InChI=1S/C10H13NO2.3C2H6/c1-11-6-8-3-4-10(13-2)5-9(8)7-12;3*1-2/h3-5,7,11H,6H2,1-2H3;3*1-2H3. The normalized spacial score (nSPS) is 7.58. The fraction of sp³-hybridized carbons (Fsp3) is 0.562. The first-order valence-electron chi connectivity index (χ1n) is 7.08. The van der Waals surface area contributed by atoms with Gasteiger partial charge >= 0.3 is 0 Å². The van der Waals surface area contributed by atoms with Crippen molar-refractivity contribution < 1.29 is 9.53 Å². The molecule has 1 rings (SSSR count). The number of ether oxygens (including phenoxy) is 1. The Bertz CT molecular complexity index is 299. The highest BCUT2D eigenvalue weighted by atomic mass is 16.5. The van der Waals surface area contributed by atoms with Crippen LogP contribution in [0, 0.1) is 0 Å². The van der Waals surface area contributed by atoms with Gasteiger partial charge < -0.3 is 10.1 Å². The molecule has 1 aromatic carbocycles. The summed E-state index contributed by atoms with van der Waals surface area (Å²) >= 11 is 0. The Morgan fingerprint density at radius 3 is 2.00 bits per heavy atom. The number of benzene rings is 1. The second-order valence-electron chi connectivity index (χ2n) is 2.71. The van der Waals surface area contributed by atoms with Crippen LogP contribution in [0.5, 0.6) is 5.75 Å². The molecule has 3 nitrogen and oxygen atoms in total. The Morgan fingerprint density at radius 2 is 1.63 bits per heavy atom. The highest BCUT2D eigenvalue weighted by Gasteiger charge is 2.01. The first-order valence-corrected chi connectivity index (χ1v) is 7.08. The number of hydrogen-bond acceptors (Lipinski definition) is 3. The van der Waals surface area contributed by atoms with Crippen LogP contribution >= 0.6 is 0 Å². The molecule has 0 fully saturated rings. The minimum Gasteiger partial charge on any atom is -0.497 e. The summed E-state index contributed by atoms with van der Waals surface area (Å²) in [6.45, 7) is 12.7. The number of hydrogen-bond donors (Lipinski definition) is 1. The van der Waals surface area contributed by atoms with Crippen molar-refractivity contribution in [2.24, 2.45) is 0 Å². The van der Waals surface area contributed by atoms with Crippen molar-refractivity contribution in [3.8, 4) is 5.75 Å². The third kappa shape index (κ3) is 10.3. The molecule has 0 radical (unpaired) electrons. The summed E-state index contributed by atoms with van der Waals surface area (Å²) in [6, 6.07) is 5.47. The van der Waals surface area contributed by atoms with Crippen molar-refractivity contribution in [2.75, 3.05) is 14.2 Å². The average Bonchev–Trinajstić information content (AvgIpc) is 2.54. The second kappa shape index (κ2) is 19.0. The third-order valence-corrected chi connectivity index (χ3v) is 1.85. The predicted octanol–water partition coefficient (Wildman–Crippen LogP) is 4.31. The van der Waals surface area contributed by atoms with Gasteiger partial charge in [-0.15, -0.1) is 0 Å². The zero-order valence-corrected chi connectivity index (χ0v) is 13.8. The molecule has 0 aromatic heterocycles. The number of aldehydes is 1. The molecule has 1 N–H and O–H groups in total. The molecule has 0 saturated heterocycles. The lowest BCUT2D eigenvalue weighted by Gasteiger charge is -2.05. The maximum atomic E-state index is 10.7. The van der Waals surface area contributed by atoms with Gasteiger partial charge in [-0.3, -0.25) is 4.79 Å². The van der Waals surface area contributed by atoms with Gasteiger partial charge in [0.2, 0.25) is 0 Å². The Labute approximate surface area is 119 Å². The van der Waals surface area contributed by atoms with Crippen LogP contribution in [-0.2, 0) is 6.54 Å². The van der Waals surface area contributed by atoms with E-state index >= 15 is 0 Å². The van der Waals surface area contributed by atoms with Crippen LogP contribution in [0.2, 0.25) is 0 Å². The topological polar surface area (TPSA) is 38.3 Å². The summed E-state index contributed by atoms with van der Waals surface area (Å²) in [6.07, 6.45) is 0.842. The van der Waals surface area contributed by atoms with Gasteiger partial charge in [0.15, 0.2) is 6.29 Å². The summed E-state index contributed by atoms with van der Waals surface area (Å²) in [4.78, 5) is 10.7. The van der Waals surface area contributed by atoms with E-state index in [0.717, 1.165) is 11.8 Å². The summed E-state index contributed by atoms with van der Waals surface area (Å²) in [5, 5.41) is 3.00. The highest BCUT2D eigenvalue weighted by molar-refractivity contribution is 5.78. The van der Waals surface area contributed by atoms with Gasteiger partial charge in [-0.05, 0) is 24.7 Å². The van der Waals surface area contributed by atoms with E-state index in [9.17, 15) is 4.79 Å². The lowest BCUT2D eigenvalue weighted by molar-refractivity contribution is 0.112. The molecule has 0 aliphatic carbocycles. The second-order valence-corrected chi connectivity index (χ2v) is 2.71. The van der Waals surface area contributed by atoms with E-state index in [0.29, 0.717) is 17.9 Å². The van der Waals surface area contributed by atoms with Crippen molar-refractivity contribution in [3.05, 3.63) is 29.3 Å². The van der Waals surface area contributed by atoms with Gasteiger partial charge in [0, 0.05) is 12.1 Å². The van der Waals surface area contributed by atoms with Crippen LogP contribution in [0.4, 0.5) is 0 Å². The van der Waals surface area contributed by atoms with Crippen LogP contribution in [0.1, 0.15) is 57.5 Å². The number of nitrogens with one attached hydrogen (secondary N) is 1. The van der Waals surface area contributed by atoms with E-state index in [1.807, 2.05) is 60.7 Å². The summed E-state index contributed by atoms with van der Waals surface area (Å²) in [5.41, 5.74) is 1.66. The zero-order valence-electron chi connectivity index (χ0n) is 13.8. The van der Waals surface area contributed by atoms with Crippen molar-refractivity contribution in [1.29, 1.82) is 0 Å². The van der Waals surface area contributed by atoms with Gasteiger partial charge in [-0.25, -0.2) is 0 Å². The maximum absolute atomic E-state index is 10.7. The largest absolute Gasteiger partial charge is 0.497 e. The van der Waals surface area contributed by atoms with Crippen LogP contribution < -0.4 is 10.1 Å². The summed E-state index contributed by atoms with van der Waals surface area (Å²) in [7, 11) is 3.43. The molecule has 0 bridgehead atoms. The Morgan fingerprint density at radius 1 is 1.11 bits per heavy atom. The first kappa shape index (κ1) is 22.8. The Kier molecular flexibility index (Phi) is 22.8. The maximum Gasteiger partial charge on any atom is 0.150 e. The molecule has 0 saturated carbocycles. The van der Waals surface area contributed by atoms with Crippen LogP contribution in [-0.4, -0.2) is 20.4 Å². The van der Waals surface area contributed by atoms with E-state index in [-0.39, 0.29) is 0 Å². The smallest absolute Gasteiger partial charge is 0.150 e. The average molecular weight is 269 g/mol. The molecule has 0 aliphatic heterocycles. The highest BCUT2D eigenvalue weighted by Crippen LogP contribution is 2.15. The number of carbonyl (C=O) groups excluding carboxylic acids is 1. The minimum atomic E-state index is 0.675. The molecule has 0 heterocycles. The molecule has 0 atom stereocenters. The quantitative estimate of drug-likeness (QED) is 0.828. The van der Waals surface area contributed by atoms with Gasteiger partial charge in [-0.1, -0.05) is 47.6 Å². The van der Waals surface area contributed by atoms with Gasteiger partial charge in [-0.2, -0.15) is 0 Å². The SMILES string of the molecule is CC.CC.CC.CNCc1ccc(OC)cc1C=O.